The molecule has 0 radical (unpaired) electrons. The van der Waals surface area contributed by atoms with E-state index in [-0.39, 0.29) is 0 Å². The van der Waals surface area contributed by atoms with Crippen molar-refractivity contribution in [3.05, 3.63) is 53.9 Å². The Morgan fingerprint density at radius 1 is 1.05 bits per heavy atom. The molecule has 0 bridgehead atoms. The monoisotopic (exact) mass is 259 g/mol. The maximum absolute atomic E-state index is 5.93. The maximum atomic E-state index is 5.93. The number of rotatable bonds is 0. The highest BCUT2D eigenvalue weighted by atomic mass is 16.5. The largest absolute Gasteiger partial charge is 0.480 e. The Morgan fingerprint density at radius 3 is 2.95 bits per heavy atom. The molecule has 0 N–H and O–H groups in total. The van der Waals surface area contributed by atoms with Crippen LogP contribution < -0.4 is 9.30 Å². The van der Waals surface area contributed by atoms with Gasteiger partial charge in [-0.05, 0) is 12.1 Å². The number of hydrogen-bond donors (Lipinski definition) is 0. The van der Waals surface area contributed by atoms with E-state index in [4.69, 9.17) is 4.74 Å². The molecule has 4 heterocycles. The molecule has 2 aromatic heterocycles. The van der Waals surface area contributed by atoms with Crippen molar-refractivity contribution in [2.24, 2.45) is 0 Å². The van der Waals surface area contributed by atoms with Crippen LogP contribution in [0.3, 0.4) is 0 Å². The molecule has 0 spiro atoms. The zero-order chi connectivity index (χ0) is 12.8. The van der Waals surface area contributed by atoms with E-state index in [1.165, 1.54) is 38.6 Å². The molecule has 4 aromatic rings. The molecule has 0 aliphatic carbocycles. The van der Waals surface area contributed by atoms with Crippen LogP contribution in [0.15, 0.2) is 42.6 Å². The summed E-state index contributed by atoms with van der Waals surface area (Å²) in [6.07, 6.45) is 2.24. The summed E-state index contributed by atoms with van der Waals surface area (Å²) in [6, 6.07) is 13.0. The zero-order valence-corrected chi connectivity index (χ0v) is 10.8. The highest BCUT2D eigenvalue weighted by Gasteiger charge is 2.33. The molecule has 3 heteroatoms. The SMILES string of the molecule is c1cc2c3c(c1)c1cccc4c1n1c(c[n+](c31)C2)CO4. The quantitative estimate of drug-likeness (QED) is 0.309. The summed E-state index contributed by atoms with van der Waals surface area (Å²) < 4.78 is 10.7. The minimum atomic E-state index is 0.661. The van der Waals surface area contributed by atoms with Gasteiger partial charge in [-0.15, -0.1) is 0 Å². The van der Waals surface area contributed by atoms with Crippen molar-refractivity contribution in [3.63, 3.8) is 0 Å². The second kappa shape index (κ2) is 2.80. The van der Waals surface area contributed by atoms with E-state index >= 15 is 0 Å². The van der Waals surface area contributed by atoms with Gasteiger partial charge >= 0.3 is 0 Å². The van der Waals surface area contributed by atoms with Gasteiger partial charge in [0.15, 0.2) is 23.6 Å². The number of benzene rings is 2. The van der Waals surface area contributed by atoms with E-state index in [0.717, 1.165) is 12.3 Å². The molecular formula is C17H11N2O+. The molecule has 20 heavy (non-hydrogen) atoms. The van der Waals surface area contributed by atoms with E-state index in [0.29, 0.717) is 6.61 Å². The first-order valence-electron chi connectivity index (χ1n) is 6.95. The van der Waals surface area contributed by atoms with Gasteiger partial charge in [0.2, 0.25) is 0 Å². The summed E-state index contributed by atoms with van der Waals surface area (Å²) >= 11 is 0. The molecular weight excluding hydrogens is 248 g/mol. The first kappa shape index (κ1) is 9.37. The summed E-state index contributed by atoms with van der Waals surface area (Å²) in [5.41, 5.74) is 5.22. The fourth-order valence-corrected chi connectivity index (χ4v) is 3.93. The van der Waals surface area contributed by atoms with Crippen molar-refractivity contribution in [1.82, 2.24) is 4.40 Å². The summed E-state index contributed by atoms with van der Waals surface area (Å²) in [6.45, 7) is 1.63. The Hall–Kier alpha value is -2.55. The van der Waals surface area contributed by atoms with E-state index in [9.17, 15) is 0 Å². The number of aromatic nitrogens is 2. The van der Waals surface area contributed by atoms with E-state index in [2.05, 4.69) is 51.6 Å². The van der Waals surface area contributed by atoms with E-state index in [1.807, 2.05) is 0 Å². The predicted molar refractivity (Wildman–Crippen MR) is 76.0 cm³/mol. The highest BCUT2D eigenvalue weighted by molar-refractivity contribution is 6.14. The predicted octanol–water partition coefficient (Wildman–Crippen LogP) is 2.79. The molecule has 2 aromatic carbocycles. The number of ether oxygens (including phenoxy) is 1. The normalized spacial score (nSPS) is 15.0. The van der Waals surface area contributed by atoms with Crippen LogP contribution in [0.2, 0.25) is 0 Å². The van der Waals surface area contributed by atoms with Gasteiger partial charge in [-0.3, -0.25) is 0 Å². The van der Waals surface area contributed by atoms with Gasteiger partial charge in [0.05, 0.1) is 5.39 Å². The van der Waals surface area contributed by atoms with Crippen molar-refractivity contribution in [2.75, 3.05) is 0 Å². The molecule has 94 valence electrons. The maximum Gasteiger partial charge on any atom is 0.295 e. The first-order valence-corrected chi connectivity index (χ1v) is 6.95. The van der Waals surface area contributed by atoms with Crippen molar-refractivity contribution >= 4 is 27.3 Å². The van der Waals surface area contributed by atoms with Crippen molar-refractivity contribution in [3.8, 4) is 5.75 Å². The van der Waals surface area contributed by atoms with Gasteiger partial charge in [0.1, 0.15) is 12.7 Å². The van der Waals surface area contributed by atoms with Crippen molar-refractivity contribution < 1.29 is 9.30 Å². The zero-order valence-electron chi connectivity index (χ0n) is 10.8. The Kier molecular flexibility index (Phi) is 1.31. The molecule has 6 rings (SSSR count). The minimum absolute atomic E-state index is 0.661. The van der Waals surface area contributed by atoms with Crippen LogP contribution >= 0.6 is 0 Å². The number of hydrogen-bond acceptors (Lipinski definition) is 1. The van der Waals surface area contributed by atoms with Gasteiger partial charge in [0, 0.05) is 16.3 Å². The number of nitrogens with zero attached hydrogens (tertiary/aromatic N) is 2. The number of pyridine rings is 1. The minimum Gasteiger partial charge on any atom is -0.480 e. The number of fused-ring (bicyclic) bond motifs is 1. The van der Waals surface area contributed by atoms with E-state index in [1.54, 1.807) is 0 Å². The average molecular weight is 259 g/mol. The molecule has 3 nitrogen and oxygen atoms in total. The molecule has 0 saturated carbocycles. The van der Waals surface area contributed by atoms with Crippen molar-refractivity contribution in [1.29, 1.82) is 0 Å². The van der Waals surface area contributed by atoms with Gasteiger partial charge in [-0.1, -0.05) is 24.3 Å². The Balaban J connectivity index is 2.13. The van der Waals surface area contributed by atoms with Crippen LogP contribution in [-0.2, 0) is 13.2 Å². The standard InChI is InChI=1S/C17H11N2O/c1-3-10-7-18-8-11-9-20-14-6-2-5-13-12(4-1)15(10)17(18)19(11)16(13)14/h1-6,8H,7,9H2/q+1. The smallest absolute Gasteiger partial charge is 0.295 e. The van der Waals surface area contributed by atoms with Gasteiger partial charge < -0.3 is 4.74 Å². The first-order chi connectivity index (χ1) is 9.92. The molecule has 0 atom stereocenters. The molecule has 0 amide bonds. The molecule has 0 saturated heterocycles. The Labute approximate surface area is 114 Å². The molecule has 0 unspecified atom stereocenters. The molecule has 0 fully saturated rings. The fourth-order valence-electron chi connectivity index (χ4n) is 3.93. The topological polar surface area (TPSA) is 17.5 Å². The summed E-state index contributed by atoms with van der Waals surface area (Å²) in [4.78, 5) is 0. The Morgan fingerprint density at radius 2 is 1.95 bits per heavy atom. The molecule has 2 aliphatic heterocycles. The summed E-state index contributed by atoms with van der Waals surface area (Å²) in [7, 11) is 0. The van der Waals surface area contributed by atoms with Crippen LogP contribution in [0.1, 0.15) is 11.3 Å². The second-order valence-corrected chi connectivity index (χ2v) is 5.69. The molecule has 2 aliphatic rings. The lowest BCUT2D eigenvalue weighted by Gasteiger charge is -2.14. The number of imidazole rings is 1. The number of para-hydroxylation sites is 1. The highest BCUT2D eigenvalue weighted by Crippen LogP contribution is 2.39. The third kappa shape index (κ3) is 0.827. The lowest BCUT2D eigenvalue weighted by molar-refractivity contribution is -0.657. The third-order valence-corrected chi connectivity index (χ3v) is 4.68. The van der Waals surface area contributed by atoms with Crippen LogP contribution in [0, 0.1) is 0 Å². The van der Waals surface area contributed by atoms with Gasteiger partial charge in [0.25, 0.3) is 5.65 Å². The van der Waals surface area contributed by atoms with Crippen LogP contribution in [-0.4, -0.2) is 4.40 Å². The third-order valence-electron chi connectivity index (χ3n) is 4.68. The average Bonchev–Trinajstić information content (AvgIpc) is 3.01. The van der Waals surface area contributed by atoms with Crippen LogP contribution in [0.4, 0.5) is 0 Å². The van der Waals surface area contributed by atoms with Gasteiger partial charge in [-0.25, -0.2) is 4.57 Å². The second-order valence-electron chi connectivity index (χ2n) is 5.69. The van der Waals surface area contributed by atoms with Gasteiger partial charge in [-0.2, -0.15) is 4.40 Å². The summed E-state index contributed by atoms with van der Waals surface area (Å²) in [5, 5.41) is 4.04. The lowest BCUT2D eigenvalue weighted by Crippen LogP contribution is -2.28. The van der Waals surface area contributed by atoms with Crippen LogP contribution in [0.5, 0.6) is 5.75 Å². The lowest BCUT2D eigenvalue weighted by atomic mass is 10.0. The Bertz CT molecular complexity index is 1080. The fraction of sp³-hybridized carbons (Fsp3) is 0.118. The van der Waals surface area contributed by atoms with Crippen molar-refractivity contribution in [2.45, 2.75) is 13.2 Å². The summed E-state index contributed by atoms with van der Waals surface area (Å²) in [5.74, 6) is 0.997. The van der Waals surface area contributed by atoms with Crippen LogP contribution in [0.25, 0.3) is 27.3 Å². The van der Waals surface area contributed by atoms with E-state index < -0.39 is 0 Å².